The summed E-state index contributed by atoms with van der Waals surface area (Å²) >= 11 is 0. The molecule has 0 spiro atoms. The number of nitrogens with one attached hydrogen (secondary N) is 2. The molecule has 2 aliphatic heterocycles. The Hall–Kier alpha value is -1.56. The quantitative estimate of drug-likeness (QED) is 0.893. The largest absolute Gasteiger partial charge is 0.373 e. The molecule has 0 aromatic carbocycles. The van der Waals surface area contributed by atoms with Crippen molar-refractivity contribution in [2.24, 2.45) is 0 Å². The molecule has 2 N–H and O–H groups in total. The number of hydrogen-bond donors (Lipinski definition) is 2. The third kappa shape index (κ3) is 2.77. The van der Waals surface area contributed by atoms with Crippen LogP contribution < -0.4 is 10.6 Å². The van der Waals surface area contributed by atoms with E-state index in [0.29, 0.717) is 11.7 Å². The molecule has 116 valence electrons. The van der Waals surface area contributed by atoms with Crippen molar-refractivity contribution in [1.29, 1.82) is 0 Å². The molecule has 0 bridgehead atoms. The standard InChI is InChI=1S/C15H24N4O2/c1-9(2)18-15(20)11-8-17-19-12(6-7-16-14(11)19)13-5-4-10(3)21-13/h8-10,12-13,16H,4-7H2,1-3H3,(H,18,20). The number of fused-ring (bicyclic) bond motifs is 1. The van der Waals surface area contributed by atoms with E-state index in [2.05, 4.69) is 22.7 Å². The summed E-state index contributed by atoms with van der Waals surface area (Å²) in [5.41, 5.74) is 0.624. The topological polar surface area (TPSA) is 68.2 Å². The van der Waals surface area contributed by atoms with E-state index in [-0.39, 0.29) is 24.1 Å². The summed E-state index contributed by atoms with van der Waals surface area (Å²) in [7, 11) is 0. The number of ether oxygens (including phenoxy) is 1. The lowest BCUT2D eigenvalue weighted by Gasteiger charge is -2.30. The summed E-state index contributed by atoms with van der Waals surface area (Å²) in [6.07, 6.45) is 5.35. The smallest absolute Gasteiger partial charge is 0.256 e. The monoisotopic (exact) mass is 292 g/mol. The van der Waals surface area contributed by atoms with E-state index in [1.807, 2.05) is 18.5 Å². The average Bonchev–Trinajstić information content (AvgIpc) is 3.03. The van der Waals surface area contributed by atoms with Crippen molar-refractivity contribution >= 4 is 11.7 Å². The maximum atomic E-state index is 12.2. The van der Waals surface area contributed by atoms with Crippen molar-refractivity contribution in [2.45, 2.75) is 64.3 Å². The molecule has 2 aliphatic rings. The number of amides is 1. The summed E-state index contributed by atoms with van der Waals surface area (Å²) in [5, 5.41) is 10.7. The second-order valence-electron chi connectivity index (χ2n) is 6.32. The molecule has 1 fully saturated rings. The Kier molecular flexibility index (Phi) is 3.89. The normalized spacial score (nSPS) is 28.3. The number of hydrogen-bond acceptors (Lipinski definition) is 4. The van der Waals surface area contributed by atoms with E-state index in [1.54, 1.807) is 6.20 Å². The van der Waals surface area contributed by atoms with Crippen molar-refractivity contribution in [3.8, 4) is 0 Å². The first-order chi connectivity index (χ1) is 10.1. The zero-order valence-corrected chi connectivity index (χ0v) is 12.9. The van der Waals surface area contributed by atoms with Crippen molar-refractivity contribution < 1.29 is 9.53 Å². The van der Waals surface area contributed by atoms with Gasteiger partial charge in [0.25, 0.3) is 5.91 Å². The van der Waals surface area contributed by atoms with E-state index in [9.17, 15) is 4.79 Å². The van der Waals surface area contributed by atoms with Crippen molar-refractivity contribution in [2.75, 3.05) is 11.9 Å². The minimum absolute atomic E-state index is 0.0693. The minimum atomic E-state index is -0.0693. The van der Waals surface area contributed by atoms with Crippen LogP contribution in [0, 0.1) is 0 Å². The van der Waals surface area contributed by atoms with Crippen LogP contribution in [0.15, 0.2) is 6.20 Å². The van der Waals surface area contributed by atoms with Crippen LogP contribution in [0.1, 0.15) is 56.4 Å². The highest BCUT2D eigenvalue weighted by molar-refractivity contribution is 5.98. The van der Waals surface area contributed by atoms with Gasteiger partial charge in [-0.05, 0) is 40.0 Å². The highest BCUT2D eigenvalue weighted by atomic mass is 16.5. The van der Waals surface area contributed by atoms with Gasteiger partial charge in [0, 0.05) is 12.6 Å². The Bertz CT molecular complexity index is 526. The lowest BCUT2D eigenvalue weighted by molar-refractivity contribution is 0.0173. The second kappa shape index (κ2) is 5.67. The Morgan fingerprint density at radius 1 is 1.48 bits per heavy atom. The molecule has 1 aromatic rings. The Morgan fingerprint density at radius 2 is 2.29 bits per heavy atom. The summed E-state index contributed by atoms with van der Waals surface area (Å²) in [6.45, 7) is 6.88. The molecular weight excluding hydrogens is 268 g/mol. The molecule has 6 nitrogen and oxygen atoms in total. The molecule has 1 saturated heterocycles. The van der Waals surface area contributed by atoms with Gasteiger partial charge in [0.2, 0.25) is 0 Å². The molecule has 3 rings (SSSR count). The SMILES string of the molecule is CC(C)NC(=O)c1cnn2c1NCCC2C1CCC(C)O1. The van der Waals surface area contributed by atoms with Crippen molar-refractivity contribution in [3.05, 3.63) is 11.8 Å². The molecule has 1 amide bonds. The molecule has 0 saturated carbocycles. The fourth-order valence-corrected chi connectivity index (χ4v) is 3.22. The molecule has 3 heterocycles. The van der Waals surface area contributed by atoms with E-state index in [1.165, 1.54) is 0 Å². The van der Waals surface area contributed by atoms with Crippen LogP contribution in [-0.4, -0.2) is 40.5 Å². The summed E-state index contributed by atoms with van der Waals surface area (Å²) in [4.78, 5) is 12.2. The Morgan fingerprint density at radius 3 is 2.95 bits per heavy atom. The number of aromatic nitrogens is 2. The van der Waals surface area contributed by atoms with Crippen LogP contribution in [0.25, 0.3) is 0 Å². The Balaban J connectivity index is 1.83. The average molecular weight is 292 g/mol. The van der Waals surface area contributed by atoms with Gasteiger partial charge in [-0.25, -0.2) is 4.68 Å². The van der Waals surface area contributed by atoms with Crippen LogP contribution in [0.5, 0.6) is 0 Å². The highest BCUT2D eigenvalue weighted by Crippen LogP contribution is 2.35. The van der Waals surface area contributed by atoms with Gasteiger partial charge in [-0.3, -0.25) is 4.79 Å². The molecule has 6 heteroatoms. The lowest BCUT2D eigenvalue weighted by atomic mass is 10.0. The van der Waals surface area contributed by atoms with Gasteiger partial charge in [-0.15, -0.1) is 0 Å². The van der Waals surface area contributed by atoms with Gasteiger partial charge in [-0.1, -0.05) is 0 Å². The maximum absolute atomic E-state index is 12.2. The van der Waals surface area contributed by atoms with Crippen LogP contribution in [0.3, 0.4) is 0 Å². The number of nitrogens with zero attached hydrogens (tertiary/aromatic N) is 2. The van der Waals surface area contributed by atoms with Crippen molar-refractivity contribution in [3.63, 3.8) is 0 Å². The minimum Gasteiger partial charge on any atom is -0.373 e. The molecule has 3 atom stereocenters. The van der Waals surface area contributed by atoms with Crippen LogP contribution in [-0.2, 0) is 4.74 Å². The van der Waals surface area contributed by atoms with Gasteiger partial charge < -0.3 is 15.4 Å². The molecule has 0 aliphatic carbocycles. The first kappa shape index (κ1) is 14.4. The predicted octanol–water partition coefficient (Wildman–Crippen LogP) is 1.95. The fraction of sp³-hybridized carbons (Fsp3) is 0.733. The van der Waals surface area contributed by atoms with E-state index in [0.717, 1.165) is 31.6 Å². The van der Waals surface area contributed by atoms with Crippen LogP contribution in [0.4, 0.5) is 5.82 Å². The number of carbonyl (C=O) groups is 1. The molecule has 21 heavy (non-hydrogen) atoms. The molecule has 3 unspecified atom stereocenters. The van der Waals surface area contributed by atoms with E-state index >= 15 is 0 Å². The summed E-state index contributed by atoms with van der Waals surface area (Å²) in [5.74, 6) is 0.757. The predicted molar refractivity (Wildman–Crippen MR) is 80.5 cm³/mol. The lowest BCUT2D eigenvalue weighted by Crippen LogP contribution is -2.34. The van der Waals surface area contributed by atoms with Crippen molar-refractivity contribution in [1.82, 2.24) is 15.1 Å². The fourth-order valence-electron chi connectivity index (χ4n) is 3.22. The first-order valence-electron chi connectivity index (χ1n) is 7.84. The molecule has 1 aromatic heterocycles. The zero-order chi connectivity index (χ0) is 15.0. The van der Waals surface area contributed by atoms with Gasteiger partial charge >= 0.3 is 0 Å². The molecular formula is C15H24N4O2. The third-order valence-corrected chi connectivity index (χ3v) is 4.20. The van der Waals surface area contributed by atoms with E-state index in [4.69, 9.17) is 4.74 Å². The van der Waals surface area contributed by atoms with E-state index < -0.39 is 0 Å². The van der Waals surface area contributed by atoms with Gasteiger partial charge in [0.05, 0.1) is 24.4 Å². The zero-order valence-electron chi connectivity index (χ0n) is 12.9. The number of anilines is 1. The van der Waals surface area contributed by atoms with Gasteiger partial charge in [0.15, 0.2) is 0 Å². The summed E-state index contributed by atoms with van der Waals surface area (Å²) < 4.78 is 7.95. The van der Waals surface area contributed by atoms with Crippen LogP contribution in [0.2, 0.25) is 0 Å². The van der Waals surface area contributed by atoms with Gasteiger partial charge in [0.1, 0.15) is 11.4 Å². The number of rotatable bonds is 3. The first-order valence-corrected chi connectivity index (χ1v) is 7.84. The summed E-state index contributed by atoms with van der Waals surface area (Å²) in [6, 6.07) is 0.346. The second-order valence-corrected chi connectivity index (χ2v) is 6.32. The van der Waals surface area contributed by atoms with Crippen LogP contribution >= 0.6 is 0 Å². The highest BCUT2D eigenvalue weighted by Gasteiger charge is 2.35. The molecule has 0 radical (unpaired) electrons. The maximum Gasteiger partial charge on any atom is 0.256 e. The number of carbonyl (C=O) groups excluding carboxylic acids is 1. The Labute approximate surface area is 125 Å². The van der Waals surface area contributed by atoms with Gasteiger partial charge in [-0.2, -0.15) is 5.10 Å². The third-order valence-electron chi connectivity index (χ3n) is 4.20.